The first-order chi connectivity index (χ1) is 10.6. The maximum absolute atomic E-state index is 12.4. The maximum atomic E-state index is 12.4. The Bertz CT molecular complexity index is 599. The van der Waals surface area contributed by atoms with Gasteiger partial charge in [-0.25, -0.2) is 4.98 Å². The van der Waals surface area contributed by atoms with Crippen molar-refractivity contribution in [3.8, 4) is 5.88 Å². The van der Waals surface area contributed by atoms with Crippen LogP contribution in [0.15, 0.2) is 35.2 Å². The number of rotatable bonds is 7. The number of aromatic nitrogens is 1. The molecule has 0 fully saturated rings. The van der Waals surface area contributed by atoms with Crippen LogP contribution >= 0.6 is 11.3 Å². The lowest BCUT2D eigenvalue weighted by atomic mass is 10.1. The Morgan fingerprint density at radius 2 is 2.27 bits per heavy atom. The van der Waals surface area contributed by atoms with Crippen molar-refractivity contribution >= 4 is 17.2 Å². The summed E-state index contributed by atoms with van der Waals surface area (Å²) in [6.07, 6.45) is 1.62. The number of thiophene rings is 1. The fourth-order valence-corrected chi connectivity index (χ4v) is 2.87. The van der Waals surface area contributed by atoms with Gasteiger partial charge in [0, 0.05) is 12.7 Å². The second kappa shape index (κ2) is 7.91. The summed E-state index contributed by atoms with van der Waals surface area (Å²) >= 11 is 1.66. The number of amides is 1. The van der Waals surface area contributed by atoms with Crippen molar-refractivity contribution in [2.24, 2.45) is 0 Å². The second-order valence-electron chi connectivity index (χ2n) is 5.04. The number of carbonyl (C=O) groups excluding carboxylic acids is 1. The van der Waals surface area contributed by atoms with Gasteiger partial charge in [-0.05, 0) is 55.5 Å². The number of hydrogen-bond donors (Lipinski definition) is 1. The van der Waals surface area contributed by atoms with Gasteiger partial charge in [0.1, 0.15) is 5.56 Å². The fourth-order valence-electron chi connectivity index (χ4n) is 2.16. The molecule has 2 heterocycles. The highest BCUT2D eigenvalue weighted by atomic mass is 32.1. The van der Waals surface area contributed by atoms with E-state index in [1.807, 2.05) is 26.4 Å². The van der Waals surface area contributed by atoms with Crippen LogP contribution in [0.3, 0.4) is 0 Å². The Morgan fingerprint density at radius 1 is 1.45 bits per heavy atom. The Morgan fingerprint density at radius 3 is 2.91 bits per heavy atom. The van der Waals surface area contributed by atoms with E-state index in [-0.39, 0.29) is 11.9 Å². The van der Waals surface area contributed by atoms with E-state index in [4.69, 9.17) is 4.74 Å². The summed E-state index contributed by atoms with van der Waals surface area (Å²) in [4.78, 5) is 18.6. The van der Waals surface area contributed by atoms with Crippen LogP contribution in [0, 0.1) is 0 Å². The second-order valence-corrected chi connectivity index (χ2v) is 5.82. The number of pyridine rings is 1. The highest BCUT2D eigenvalue weighted by molar-refractivity contribution is 7.07. The first-order valence-electron chi connectivity index (χ1n) is 7.18. The third-order valence-corrected chi connectivity index (χ3v) is 4.01. The first-order valence-corrected chi connectivity index (χ1v) is 8.12. The highest BCUT2D eigenvalue weighted by Gasteiger charge is 2.18. The molecular formula is C16H21N3O2S. The van der Waals surface area contributed by atoms with Crippen molar-refractivity contribution < 1.29 is 9.53 Å². The molecule has 6 heteroatoms. The number of carbonyl (C=O) groups is 1. The predicted molar refractivity (Wildman–Crippen MR) is 88.5 cm³/mol. The van der Waals surface area contributed by atoms with Crippen LogP contribution in [-0.2, 0) is 0 Å². The van der Waals surface area contributed by atoms with Gasteiger partial charge in [-0.2, -0.15) is 11.3 Å². The molecule has 0 aliphatic carbocycles. The van der Waals surface area contributed by atoms with Crippen molar-refractivity contribution in [2.45, 2.75) is 13.0 Å². The summed E-state index contributed by atoms with van der Waals surface area (Å²) in [6.45, 7) is 2.88. The fraction of sp³-hybridized carbons (Fsp3) is 0.375. The Balaban J connectivity index is 2.06. The van der Waals surface area contributed by atoms with Crippen LogP contribution in [0.25, 0.3) is 0 Å². The van der Waals surface area contributed by atoms with E-state index in [1.165, 1.54) is 5.56 Å². The Kier molecular flexibility index (Phi) is 5.91. The molecule has 0 saturated carbocycles. The summed E-state index contributed by atoms with van der Waals surface area (Å²) in [5, 5.41) is 7.12. The molecule has 118 valence electrons. The number of nitrogens with zero attached hydrogens (tertiary/aromatic N) is 2. The van der Waals surface area contributed by atoms with Crippen molar-refractivity contribution in [1.82, 2.24) is 15.2 Å². The summed E-state index contributed by atoms with van der Waals surface area (Å²) in [5.41, 5.74) is 1.67. The van der Waals surface area contributed by atoms with E-state index in [0.29, 0.717) is 24.6 Å². The van der Waals surface area contributed by atoms with Crippen LogP contribution in [0.1, 0.15) is 28.9 Å². The van der Waals surface area contributed by atoms with Gasteiger partial charge < -0.3 is 15.0 Å². The SMILES string of the molecule is CCOc1ncccc1C(=O)NC[C@H](c1ccsc1)N(C)C. The predicted octanol–water partition coefficient (Wildman–Crippen LogP) is 2.57. The smallest absolute Gasteiger partial charge is 0.256 e. The van der Waals surface area contributed by atoms with Gasteiger partial charge >= 0.3 is 0 Å². The number of nitrogens with one attached hydrogen (secondary N) is 1. The van der Waals surface area contributed by atoms with Crippen LogP contribution < -0.4 is 10.1 Å². The molecule has 2 aromatic heterocycles. The molecule has 0 aliphatic heterocycles. The highest BCUT2D eigenvalue weighted by Crippen LogP contribution is 2.20. The lowest BCUT2D eigenvalue weighted by Crippen LogP contribution is -2.34. The molecule has 1 atom stereocenters. The molecule has 22 heavy (non-hydrogen) atoms. The third kappa shape index (κ3) is 4.05. The van der Waals surface area contributed by atoms with E-state index in [1.54, 1.807) is 29.7 Å². The lowest BCUT2D eigenvalue weighted by Gasteiger charge is -2.24. The van der Waals surface area contributed by atoms with E-state index in [2.05, 4.69) is 26.6 Å². The van der Waals surface area contributed by atoms with Crippen LogP contribution in [-0.4, -0.2) is 43.0 Å². The minimum atomic E-state index is -0.168. The summed E-state index contributed by atoms with van der Waals surface area (Å²) in [6, 6.07) is 5.68. The van der Waals surface area contributed by atoms with Gasteiger partial charge in [-0.3, -0.25) is 4.79 Å². The van der Waals surface area contributed by atoms with Crippen molar-refractivity contribution in [1.29, 1.82) is 0 Å². The average Bonchev–Trinajstić information content (AvgIpc) is 3.02. The Hall–Kier alpha value is -1.92. The van der Waals surface area contributed by atoms with Gasteiger partial charge in [-0.1, -0.05) is 0 Å². The quantitative estimate of drug-likeness (QED) is 0.852. The minimum absolute atomic E-state index is 0.141. The van der Waals surface area contributed by atoms with Gasteiger partial charge in [-0.15, -0.1) is 0 Å². The van der Waals surface area contributed by atoms with E-state index in [0.717, 1.165) is 0 Å². The zero-order valence-electron chi connectivity index (χ0n) is 13.1. The minimum Gasteiger partial charge on any atom is -0.477 e. The molecule has 1 amide bonds. The molecular weight excluding hydrogens is 298 g/mol. The molecule has 1 N–H and O–H groups in total. The number of hydrogen-bond acceptors (Lipinski definition) is 5. The largest absolute Gasteiger partial charge is 0.477 e. The van der Waals surface area contributed by atoms with E-state index in [9.17, 15) is 4.79 Å². The molecule has 0 unspecified atom stereocenters. The number of likely N-dealkylation sites (N-methyl/N-ethyl adjacent to an activating group) is 1. The third-order valence-electron chi connectivity index (χ3n) is 3.30. The van der Waals surface area contributed by atoms with Gasteiger partial charge in [0.25, 0.3) is 5.91 Å². The molecule has 2 aromatic rings. The normalized spacial score (nSPS) is 12.2. The van der Waals surface area contributed by atoms with Crippen LogP contribution in [0.4, 0.5) is 0 Å². The lowest BCUT2D eigenvalue weighted by molar-refractivity contribution is 0.0937. The van der Waals surface area contributed by atoms with Gasteiger partial charge in [0.05, 0.1) is 12.6 Å². The molecule has 0 bridgehead atoms. The Labute approximate surface area is 134 Å². The van der Waals surface area contributed by atoms with Gasteiger partial charge in [0.15, 0.2) is 0 Å². The molecule has 0 aliphatic rings. The molecule has 0 aromatic carbocycles. The van der Waals surface area contributed by atoms with Crippen LogP contribution in [0.5, 0.6) is 5.88 Å². The summed E-state index contributed by atoms with van der Waals surface area (Å²) in [5.74, 6) is 0.207. The molecule has 0 radical (unpaired) electrons. The summed E-state index contributed by atoms with van der Waals surface area (Å²) < 4.78 is 5.40. The van der Waals surface area contributed by atoms with E-state index >= 15 is 0 Å². The topological polar surface area (TPSA) is 54.5 Å². The molecule has 5 nitrogen and oxygen atoms in total. The number of ether oxygens (including phenoxy) is 1. The molecule has 0 spiro atoms. The average molecular weight is 319 g/mol. The van der Waals surface area contributed by atoms with Gasteiger partial charge in [0.2, 0.25) is 5.88 Å². The molecule has 0 saturated heterocycles. The van der Waals surface area contributed by atoms with Crippen molar-refractivity contribution in [2.75, 3.05) is 27.2 Å². The zero-order chi connectivity index (χ0) is 15.9. The zero-order valence-corrected chi connectivity index (χ0v) is 13.9. The van der Waals surface area contributed by atoms with Crippen LogP contribution in [0.2, 0.25) is 0 Å². The standard InChI is InChI=1S/C16H21N3O2S/c1-4-21-16-13(6-5-8-17-16)15(20)18-10-14(19(2)3)12-7-9-22-11-12/h5-9,11,14H,4,10H2,1-3H3,(H,18,20)/t14-/m1/s1. The maximum Gasteiger partial charge on any atom is 0.256 e. The van der Waals surface area contributed by atoms with E-state index < -0.39 is 0 Å². The van der Waals surface area contributed by atoms with Crippen molar-refractivity contribution in [3.05, 3.63) is 46.3 Å². The first kappa shape index (κ1) is 16.5. The molecule has 2 rings (SSSR count). The summed E-state index contributed by atoms with van der Waals surface area (Å²) in [7, 11) is 4.01. The van der Waals surface area contributed by atoms with Crippen molar-refractivity contribution in [3.63, 3.8) is 0 Å². The monoisotopic (exact) mass is 319 g/mol.